The van der Waals surface area contributed by atoms with Gasteiger partial charge in [0.1, 0.15) is 5.56 Å². The average molecular weight is 287 g/mol. The van der Waals surface area contributed by atoms with E-state index in [1.54, 1.807) is 30.6 Å². The Hall–Kier alpha value is -2.83. The fourth-order valence-corrected chi connectivity index (χ4v) is 2.20. The number of esters is 1. The number of rotatable bonds is 4. The van der Waals surface area contributed by atoms with E-state index in [2.05, 4.69) is 15.3 Å². The van der Waals surface area contributed by atoms with Crippen LogP contribution in [0, 0.1) is 0 Å². The van der Waals surface area contributed by atoms with Crippen LogP contribution in [-0.2, 0) is 4.74 Å². The number of carbonyl (C=O) groups is 1. The molecule has 7 heteroatoms. The number of cyclic esters (lactones) is 1. The third kappa shape index (κ3) is 2.22. The molecule has 0 unspecified atom stereocenters. The first-order valence-electron chi connectivity index (χ1n) is 6.24. The van der Waals surface area contributed by atoms with Crippen molar-refractivity contribution in [2.45, 2.75) is 6.23 Å². The molecule has 0 spiro atoms. The predicted octanol–water partition coefficient (Wildman–Crippen LogP) is 1.77. The van der Waals surface area contributed by atoms with Gasteiger partial charge in [-0.25, -0.2) is 14.8 Å². The van der Waals surface area contributed by atoms with Gasteiger partial charge in [0.2, 0.25) is 12.2 Å². The lowest BCUT2D eigenvalue weighted by Gasteiger charge is -2.13. The Kier molecular flexibility index (Phi) is 3.31. The number of hydrogen-bond donors (Lipinski definition) is 1. The van der Waals surface area contributed by atoms with Crippen molar-refractivity contribution >= 4 is 11.9 Å². The fourth-order valence-electron chi connectivity index (χ4n) is 2.20. The van der Waals surface area contributed by atoms with E-state index in [1.807, 2.05) is 0 Å². The Morgan fingerprint density at radius 3 is 2.62 bits per heavy atom. The zero-order chi connectivity index (χ0) is 14.8. The minimum absolute atomic E-state index is 0.352. The normalized spacial score (nSPS) is 16.1. The molecular formula is C14H13N3O4. The highest BCUT2D eigenvalue weighted by Gasteiger charge is 2.36. The van der Waals surface area contributed by atoms with Crippen LogP contribution < -0.4 is 14.8 Å². The van der Waals surface area contributed by atoms with Crippen LogP contribution in [0.25, 0.3) is 0 Å². The first-order valence-corrected chi connectivity index (χ1v) is 6.24. The summed E-state index contributed by atoms with van der Waals surface area (Å²) in [4.78, 5) is 20.2. The number of nitrogens with zero attached hydrogens (tertiary/aromatic N) is 2. The van der Waals surface area contributed by atoms with E-state index in [4.69, 9.17) is 14.2 Å². The molecule has 0 amide bonds. The molecule has 0 saturated carbocycles. The van der Waals surface area contributed by atoms with Crippen molar-refractivity contribution in [1.82, 2.24) is 9.97 Å². The van der Waals surface area contributed by atoms with Gasteiger partial charge in [-0.15, -0.1) is 0 Å². The van der Waals surface area contributed by atoms with Crippen molar-refractivity contribution in [3.8, 4) is 11.5 Å². The van der Waals surface area contributed by atoms with E-state index in [-0.39, 0.29) is 0 Å². The predicted molar refractivity (Wildman–Crippen MR) is 73.4 cm³/mol. The second-order valence-electron chi connectivity index (χ2n) is 4.27. The Morgan fingerprint density at radius 2 is 1.95 bits per heavy atom. The lowest BCUT2D eigenvalue weighted by atomic mass is 10.1. The zero-order valence-corrected chi connectivity index (χ0v) is 11.5. The van der Waals surface area contributed by atoms with Gasteiger partial charge in [0.05, 0.1) is 14.2 Å². The SMILES string of the molecule is COc1ccc2c(c1OC)C(=O)O[C@@H]2Nc1ncccn1. The maximum atomic E-state index is 12.1. The van der Waals surface area contributed by atoms with Gasteiger partial charge in [0.15, 0.2) is 11.5 Å². The molecule has 1 aromatic heterocycles. The summed E-state index contributed by atoms with van der Waals surface area (Å²) in [5.41, 5.74) is 1.01. The number of benzene rings is 1. The quantitative estimate of drug-likeness (QED) is 0.858. The molecule has 0 bridgehead atoms. The molecule has 108 valence electrons. The van der Waals surface area contributed by atoms with Gasteiger partial charge in [-0.1, -0.05) is 0 Å². The molecule has 2 heterocycles. The number of carbonyl (C=O) groups excluding carboxylic acids is 1. The van der Waals surface area contributed by atoms with Gasteiger partial charge in [-0.3, -0.25) is 0 Å². The number of methoxy groups -OCH3 is 2. The van der Waals surface area contributed by atoms with Crippen molar-refractivity contribution in [3.63, 3.8) is 0 Å². The highest BCUT2D eigenvalue weighted by atomic mass is 16.6. The van der Waals surface area contributed by atoms with Crippen LogP contribution >= 0.6 is 0 Å². The third-order valence-electron chi connectivity index (χ3n) is 3.12. The first kappa shape index (κ1) is 13.2. The van der Waals surface area contributed by atoms with Crippen LogP contribution in [0.2, 0.25) is 0 Å². The van der Waals surface area contributed by atoms with Gasteiger partial charge >= 0.3 is 5.97 Å². The van der Waals surface area contributed by atoms with E-state index in [9.17, 15) is 4.79 Å². The van der Waals surface area contributed by atoms with Crippen LogP contribution in [0.5, 0.6) is 11.5 Å². The Morgan fingerprint density at radius 1 is 1.19 bits per heavy atom. The van der Waals surface area contributed by atoms with Crippen LogP contribution in [0.3, 0.4) is 0 Å². The van der Waals surface area contributed by atoms with Crippen LogP contribution in [0.1, 0.15) is 22.1 Å². The Balaban J connectivity index is 1.99. The third-order valence-corrected chi connectivity index (χ3v) is 3.12. The summed E-state index contributed by atoms with van der Waals surface area (Å²) >= 11 is 0. The summed E-state index contributed by atoms with van der Waals surface area (Å²) < 4.78 is 15.8. The molecule has 7 nitrogen and oxygen atoms in total. The van der Waals surface area contributed by atoms with Gasteiger partial charge in [0.25, 0.3) is 0 Å². The minimum atomic E-state index is -0.658. The lowest BCUT2D eigenvalue weighted by molar-refractivity contribution is 0.0434. The largest absolute Gasteiger partial charge is 0.493 e. The van der Waals surface area contributed by atoms with Crippen LogP contribution in [-0.4, -0.2) is 30.2 Å². The minimum Gasteiger partial charge on any atom is -0.493 e. The summed E-state index contributed by atoms with van der Waals surface area (Å²) in [6.07, 6.45) is 2.54. The second kappa shape index (κ2) is 5.28. The number of ether oxygens (including phenoxy) is 3. The maximum Gasteiger partial charge on any atom is 0.344 e. The molecule has 1 N–H and O–H groups in total. The molecule has 1 aromatic carbocycles. The topological polar surface area (TPSA) is 82.6 Å². The monoisotopic (exact) mass is 287 g/mol. The number of aromatic nitrogens is 2. The first-order chi connectivity index (χ1) is 10.2. The van der Waals surface area contributed by atoms with Gasteiger partial charge < -0.3 is 19.5 Å². The average Bonchev–Trinajstić information content (AvgIpc) is 2.83. The number of nitrogens with one attached hydrogen (secondary N) is 1. The van der Waals surface area contributed by atoms with E-state index in [0.717, 1.165) is 0 Å². The summed E-state index contributed by atoms with van der Waals surface area (Å²) in [7, 11) is 2.99. The molecule has 2 aromatic rings. The van der Waals surface area contributed by atoms with Gasteiger partial charge in [0, 0.05) is 18.0 Å². The van der Waals surface area contributed by atoms with Crippen molar-refractivity contribution < 1.29 is 19.0 Å². The smallest absolute Gasteiger partial charge is 0.344 e. The van der Waals surface area contributed by atoms with Crippen LogP contribution in [0.15, 0.2) is 30.6 Å². The summed E-state index contributed by atoms with van der Waals surface area (Å²) in [6.45, 7) is 0. The second-order valence-corrected chi connectivity index (χ2v) is 4.27. The molecule has 1 aliphatic rings. The summed E-state index contributed by atoms with van der Waals surface area (Å²) in [5, 5.41) is 2.95. The van der Waals surface area contributed by atoms with Crippen molar-refractivity contribution in [2.75, 3.05) is 19.5 Å². The standard InChI is InChI=1S/C14H13N3O4/c1-19-9-5-4-8-10(11(9)20-2)13(18)21-12(8)17-14-15-6-3-7-16-14/h3-7,12H,1-2H3,(H,15,16,17)/t12-/m0/s1. The van der Waals surface area contributed by atoms with E-state index < -0.39 is 12.2 Å². The van der Waals surface area contributed by atoms with Crippen LogP contribution in [0.4, 0.5) is 5.95 Å². The van der Waals surface area contributed by atoms with Crippen molar-refractivity contribution in [3.05, 3.63) is 41.7 Å². The molecule has 21 heavy (non-hydrogen) atoms. The Bertz CT molecular complexity index is 675. The number of anilines is 1. The van der Waals surface area contributed by atoms with Crippen molar-refractivity contribution in [2.24, 2.45) is 0 Å². The lowest BCUT2D eigenvalue weighted by Crippen LogP contribution is -2.12. The van der Waals surface area contributed by atoms with E-state index >= 15 is 0 Å². The molecule has 1 atom stereocenters. The van der Waals surface area contributed by atoms with E-state index in [1.165, 1.54) is 14.2 Å². The maximum absolute atomic E-state index is 12.1. The van der Waals surface area contributed by atoms with Crippen molar-refractivity contribution in [1.29, 1.82) is 0 Å². The summed E-state index contributed by atoms with van der Waals surface area (Å²) in [6, 6.07) is 5.18. The van der Waals surface area contributed by atoms with Gasteiger partial charge in [-0.2, -0.15) is 0 Å². The molecule has 0 fully saturated rings. The fraction of sp³-hybridized carbons (Fsp3) is 0.214. The zero-order valence-electron chi connectivity index (χ0n) is 11.5. The molecule has 0 radical (unpaired) electrons. The highest BCUT2D eigenvalue weighted by molar-refractivity contribution is 5.98. The molecular weight excluding hydrogens is 274 g/mol. The van der Waals surface area contributed by atoms with E-state index in [0.29, 0.717) is 28.6 Å². The number of fused-ring (bicyclic) bond motifs is 1. The van der Waals surface area contributed by atoms with Gasteiger partial charge in [-0.05, 0) is 18.2 Å². The number of hydrogen-bond acceptors (Lipinski definition) is 7. The molecule has 3 rings (SSSR count). The molecule has 0 saturated heterocycles. The highest BCUT2D eigenvalue weighted by Crippen LogP contribution is 2.41. The molecule has 0 aliphatic carbocycles. The molecule has 1 aliphatic heterocycles. The Labute approximate surface area is 120 Å². The summed E-state index contributed by atoms with van der Waals surface area (Å²) in [5.74, 6) is 0.732.